The molecule has 1 aromatic rings. The van der Waals surface area contributed by atoms with Crippen LogP contribution < -0.4 is 10.1 Å². The lowest BCUT2D eigenvalue weighted by atomic mass is 10.2. The van der Waals surface area contributed by atoms with Crippen LogP contribution in [0.1, 0.15) is 6.92 Å². The number of allylic oxidation sites excluding steroid dienone is 3. The number of rotatable bonds is 5. The summed E-state index contributed by atoms with van der Waals surface area (Å²) in [5.74, 6) is 1.69. The van der Waals surface area contributed by atoms with Crippen molar-refractivity contribution < 1.29 is 4.74 Å². The fourth-order valence-electron chi connectivity index (χ4n) is 2.23. The molecular formula is C17H22N2O. The van der Waals surface area contributed by atoms with Crippen molar-refractivity contribution in [3.63, 3.8) is 0 Å². The Labute approximate surface area is 121 Å². The summed E-state index contributed by atoms with van der Waals surface area (Å²) in [5, 5.41) is 3.36. The molecule has 1 heterocycles. The van der Waals surface area contributed by atoms with Crippen molar-refractivity contribution >= 4 is 0 Å². The summed E-state index contributed by atoms with van der Waals surface area (Å²) in [6.45, 7) is 9.87. The van der Waals surface area contributed by atoms with Gasteiger partial charge in [-0.05, 0) is 31.2 Å². The van der Waals surface area contributed by atoms with Crippen LogP contribution in [-0.4, -0.2) is 31.1 Å². The van der Waals surface area contributed by atoms with Gasteiger partial charge in [0.1, 0.15) is 11.5 Å². The molecule has 0 aromatic heterocycles. The highest BCUT2D eigenvalue weighted by molar-refractivity contribution is 5.32. The molecule has 2 rings (SSSR count). The van der Waals surface area contributed by atoms with Crippen LogP contribution in [0.15, 0.2) is 66.6 Å². The van der Waals surface area contributed by atoms with Gasteiger partial charge in [0.05, 0.1) is 5.70 Å². The van der Waals surface area contributed by atoms with Gasteiger partial charge in [-0.25, -0.2) is 0 Å². The molecule has 106 valence electrons. The molecule has 1 aromatic carbocycles. The second-order valence-corrected chi connectivity index (χ2v) is 4.61. The van der Waals surface area contributed by atoms with Crippen LogP contribution in [0.5, 0.6) is 5.75 Å². The van der Waals surface area contributed by atoms with E-state index >= 15 is 0 Å². The number of nitrogens with zero attached hydrogens (tertiary/aromatic N) is 1. The second-order valence-electron chi connectivity index (χ2n) is 4.61. The Balaban J connectivity index is 2.27. The van der Waals surface area contributed by atoms with Gasteiger partial charge in [-0.15, -0.1) is 0 Å². The lowest BCUT2D eigenvalue weighted by molar-refractivity contribution is 0.291. The zero-order chi connectivity index (χ0) is 14.2. The largest absolute Gasteiger partial charge is 0.455 e. The molecule has 0 radical (unpaired) electrons. The van der Waals surface area contributed by atoms with Gasteiger partial charge >= 0.3 is 0 Å². The first-order chi connectivity index (χ1) is 9.85. The number of benzene rings is 1. The molecule has 0 bridgehead atoms. The molecule has 1 saturated heterocycles. The highest BCUT2D eigenvalue weighted by Crippen LogP contribution is 2.19. The molecule has 1 aliphatic heterocycles. The maximum absolute atomic E-state index is 6.02. The third-order valence-corrected chi connectivity index (χ3v) is 3.19. The van der Waals surface area contributed by atoms with Crippen molar-refractivity contribution in [2.75, 3.05) is 26.2 Å². The molecule has 0 spiro atoms. The van der Waals surface area contributed by atoms with E-state index in [1.807, 2.05) is 55.5 Å². The van der Waals surface area contributed by atoms with Gasteiger partial charge < -0.3 is 15.0 Å². The van der Waals surface area contributed by atoms with Gasteiger partial charge in [0, 0.05) is 26.2 Å². The zero-order valence-corrected chi connectivity index (χ0v) is 12.0. The van der Waals surface area contributed by atoms with E-state index in [9.17, 15) is 0 Å². The van der Waals surface area contributed by atoms with Gasteiger partial charge in [0.15, 0.2) is 0 Å². The first-order valence-corrected chi connectivity index (χ1v) is 7.03. The van der Waals surface area contributed by atoms with Crippen molar-refractivity contribution in [3.05, 3.63) is 66.6 Å². The van der Waals surface area contributed by atoms with Crippen molar-refractivity contribution in [3.8, 4) is 5.75 Å². The molecule has 0 saturated carbocycles. The lowest BCUT2D eigenvalue weighted by Gasteiger charge is -2.31. The van der Waals surface area contributed by atoms with Crippen molar-refractivity contribution in [2.45, 2.75) is 6.92 Å². The lowest BCUT2D eigenvalue weighted by Crippen LogP contribution is -2.43. The molecule has 1 aliphatic rings. The van der Waals surface area contributed by atoms with Gasteiger partial charge in [-0.2, -0.15) is 0 Å². The molecule has 0 unspecified atom stereocenters. The summed E-state index contributed by atoms with van der Waals surface area (Å²) in [6, 6.07) is 9.85. The number of piperazine rings is 1. The van der Waals surface area contributed by atoms with Crippen molar-refractivity contribution in [1.82, 2.24) is 10.2 Å². The topological polar surface area (TPSA) is 24.5 Å². The third-order valence-electron chi connectivity index (χ3n) is 3.19. The maximum Gasteiger partial charge on any atom is 0.150 e. The number of nitrogens with one attached hydrogen (secondary N) is 1. The molecular weight excluding hydrogens is 248 g/mol. The summed E-state index contributed by atoms with van der Waals surface area (Å²) in [5.41, 5.74) is 1.05. The summed E-state index contributed by atoms with van der Waals surface area (Å²) in [6.07, 6.45) is 5.86. The quantitative estimate of drug-likeness (QED) is 0.657. The zero-order valence-electron chi connectivity index (χ0n) is 12.0. The van der Waals surface area contributed by atoms with Gasteiger partial charge in [-0.3, -0.25) is 0 Å². The average molecular weight is 270 g/mol. The fraction of sp³-hybridized carbons (Fsp3) is 0.294. The molecule has 0 amide bonds. The molecule has 0 atom stereocenters. The standard InChI is InChI=1S/C17H22N2O/c1-3-8-17(20-15-9-6-5-7-10-15)16(4-2)19-13-11-18-12-14-19/h3-10,18H,2,11-14H2,1H3/b8-3-,17-16-. The molecule has 3 heteroatoms. The average Bonchev–Trinajstić information content (AvgIpc) is 2.50. The summed E-state index contributed by atoms with van der Waals surface area (Å²) >= 11 is 0. The Morgan fingerprint density at radius 1 is 1.25 bits per heavy atom. The van der Waals surface area contributed by atoms with Gasteiger partial charge in [-0.1, -0.05) is 30.9 Å². The Kier molecular flexibility index (Phi) is 5.44. The number of para-hydroxylation sites is 1. The number of hydrogen-bond acceptors (Lipinski definition) is 3. The van der Waals surface area contributed by atoms with E-state index in [-0.39, 0.29) is 0 Å². The van der Waals surface area contributed by atoms with E-state index in [0.717, 1.165) is 43.4 Å². The number of hydrogen-bond donors (Lipinski definition) is 1. The Morgan fingerprint density at radius 2 is 1.95 bits per heavy atom. The highest BCUT2D eigenvalue weighted by atomic mass is 16.5. The van der Waals surface area contributed by atoms with Gasteiger partial charge in [0.25, 0.3) is 0 Å². The van der Waals surface area contributed by atoms with E-state index in [4.69, 9.17) is 4.74 Å². The normalized spacial score (nSPS) is 16.9. The SMILES string of the molecule is C=C/C(=C(\C=C/C)Oc1ccccc1)N1CCNCC1. The van der Waals surface area contributed by atoms with E-state index in [1.54, 1.807) is 0 Å². The van der Waals surface area contributed by atoms with Crippen LogP contribution in [0.3, 0.4) is 0 Å². The number of ether oxygens (including phenoxy) is 1. The minimum atomic E-state index is 0.843. The van der Waals surface area contributed by atoms with E-state index in [2.05, 4.69) is 16.8 Å². The minimum Gasteiger partial charge on any atom is -0.455 e. The van der Waals surface area contributed by atoms with Crippen LogP contribution in [0.25, 0.3) is 0 Å². The van der Waals surface area contributed by atoms with E-state index < -0.39 is 0 Å². The highest BCUT2D eigenvalue weighted by Gasteiger charge is 2.15. The molecule has 1 fully saturated rings. The van der Waals surface area contributed by atoms with Crippen LogP contribution in [0.2, 0.25) is 0 Å². The smallest absolute Gasteiger partial charge is 0.150 e. The second kappa shape index (κ2) is 7.56. The van der Waals surface area contributed by atoms with Crippen molar-refractivity contribution in [2.24, 2.45) is 0 Å². The Bertz CT molecular complexity index is 485. The Morgan fingerprint density at radius 3 is 2.55 bits per heavy atom. The summed E-state index contributed by atoms with van der Waals surface area (Å²) < 4.78 is 6.02. The predicted octanol–water partition coefficient (Wildman–Crippen LogP) is 2.94. The Hall–Kier alpha value is -2.00. The van der Waals surface area contributed by atoms with Crippen LogP contribution in [-0.2, 0) is 0 Å². The molecule has 1 N–H and O–H groups in total. The van der Waals surface area contributed by atoms with Gasteiger partial charge in [0.2, 0.25) is 0 Å². The predicted molar refractivity (Wildman–Crippen MR) is 83.5 cm³/mol. The summed E-state index contributed by atoms with van der Waals surface area (Å²) in [7, 11) is 0. The molecule has 20 heavy (non-hydrogen) atoms. The van der Waals surface area contributed by atoms with E-state index in [0.29, 0.717) is 0 Å². The van der Waals surface area contributed by atoms with Crippen molar-refractivity contribution in [1.29, 1.82) is 0 Å². The monoisotopic (exact) mass is 270 g/mol. The maximum atomic E-state index is 6.02. The summed E-state index contributed by atoms with van der Waals surface area (Å²) in [4.78, 5) is 2.31. The minimum absolute atomic E-state index is 0.843. The first kappa shape index (κ1) is 14.4. The third kappa shape index (κ3) is 3.75. The molecule has 3 nitrogen and oxygen atoms in total. The fourth-order valence-corrected chi connectivity index (χ4v) is 2.23. The first-order valence-electron chi connectivity index (χ1n) is 7.03. The van der Waals surface area contributed by atoms with E-state index in [1.165, 1.54) is 0 Å². The van der Waals surface area contributed by atoms with Crippen LogP contribution >= 0.6 is 0 Å². The van der Waals surface area contributed by atoms with Crippen LogP contribution in [0.4, 0.5) is 0 Å². The molecule has 0 aliphatic carbocycles. The van der Waals surface area contributed by atoms with Crippen LogP contribution in [0, 0.1) is 0 Å².